The third kappa shape index (κ3) is 0.903. The van der Waals surface area contributed by atoms with Crippen LogP contribution in [0.25, 0.3) is 0 Å². The summed E-state index contributed by atoms with van der Waals surface area (Å²) in [5, 5.41) is 11.2. The van der Waals surface area contributed by atoms with Crippen LogP contribution in [0.4, 0.5) is 0 Å². The van der Waals surface area contributed by atoms with Crippen LogP contribution in [0.1, 0.15) is 13.8 Å². The lowest BCUT2D eigenvalue weighted by Gasteiger charge is -1.99. The van der Waals surface area contributed by atoms with E-state index in [2.05, 4.69) is 5.16 Å². The Balaban J connectivity index is 2.85. The SMILES string of the molecule is CC1OC(C)/C(=N/O)C1=O. The van der Waals surface area contributed by atoms with Crippen LogP contribution in [-0.2, 0) is 9.53 Å². The molecule has 1 saturated heterocycles. The third-order valence-electron chi connectivity index (χ3n) is 1.52. The van der Waals surface area contributed by atoms with Crippen LogP contribution < -0.4 is 0 Å². The molecular weight excluding hydrogens is 134 g/mol. The zero-order chi connectivity index (χ0) is 7.72. The molecule has 0 aliphatic carbocycles. The number of carbonyl (C=O) groups is 1. The number of Topliss-reactive ketones (excluding diaryl/α,β-unsaturated/α-hetero) is 1. The highest BCUT2D eigenvalue weighted by Crippen LogP contribution is 2.12. The van der Waals surface area contributed by atoms with E-state index in [-0.39, 0.29) is 17.6 Å². The van der Waals surface area contributed by atoms with Crippen molar-refractivity contribution in [3.63, 3.8) is 0 Å². The van der Waals surface area contributed by atoms with Gasteiger partial charge in [0.05, 0.1) is 0 Å². The van der Waals surface area contributed by atoms with Gasteiger partial charge in [-0.1, -0.05) is 5.16 Å². The smallest absolute Gasteiger partial charge is 0.211 e. The second kappa shape index (κ2) is 2.38. The van der Waals surface area contributed by atoms with Gasteiger partial charge < -0.3 is 9.94 Å². The van der Waals surface area contributed by atoms with E-state index in [9.17, 15) is 4.79 Å². The van der Waals surface area contributed by atoms with Crippen molar-refractivity contribution in [2.75, 3.05) is 0 Å². The first-order chi connectivity index (χ1) is 4.66. The molecule has 0 saturated carbocycles. The number of ether oxygens (including phenoxy) is 1. The summed E-state index contributed by atoms with van der Waals surface area (Å²) in [6, 6.07) is 0. The molecule has 10 heavy (non-hydrogen) atoms. The Morgan fingerprint density at radius 3 is 2.30 bits per heavy atom. The number of hydrogen-bond donors (Lipinski definition) is 1. The van der Waals surface area contributed by atoms with E-state index in [0.29, 0.717) is 0 Å². The van der Waals surface area contributed by atoms with Gasteiger partial charge in [-0.15, -0.1) is 0 Å². The average molecular weight is 143 g/mol. The fourth-order valence-corrected chi connectivity index (χ4v) is 0.972. The van der Waals surface area contributed by atoms with Crippen molar-refractivity contribution in [3.8, 4) is 0 Å². The molecule has 0 radical (unpaired) electrons. The number of oxime groups is 1. The monoisotopic (exact) mass is 143 g/mol. The zero-order valence-corrected chi connectivity index (χ0v) is 5.87. The van der Waals surface area contributed by atoms with Crippen LogP contribution in [0, 0.1) is 0 Å². The Morgan fingerprint density at radius 2 is 2.10 bits per heavy atom. The van der Waals surface area contributed by atoms with E-state index in [1.807, 2.05) is 0 Å². The predicted molar refractivity (Wildman–Crippen MR) is 34.2 cm³/mol. The van der Waals surface area contributed by atoms with E-state index in [1.54, 1.807) is 13.8 Å². The summed E-state index contributed by atoms with van der Waals surface area (Å²) in [4.78, 5) is 10.9. The summed E-state index contributed by atoms with van der Waals surface area (Å²) in [6.45, 7) is 3.31. The molecule has 0 aromatic rings. The number of hydrogen-bond acceptors (Lipinski definition) is 4. The highest BCUT2D eigenvalue weighted by Gasteiger charge is 2.34. The third-order valence-corrected chi connectivity index (χ3v) is 1.52. The fraction of sp³-hybridized carbons (Fsp3) is 0.667. The molecular formula is C6H9NO3. The van der Waals surface area contributed by atoms with Gasteiger partial charge in [-0.05, 0) is 13.8 Å². The lowest BCUT2D eigenvalue weighted by molar-refractivity contribution is -0.119. The average Bonchev–Trinajstić information content (AvgIpc) is 2.09. The van der Waals surface area contributed by atoms with Crippen molar-refractivity contribution < 1.29 is 14.7 Å². The number of nitrogens with zero attached hydrogens (tertiary/aromatic N) is 1. The lowest BCUT2D eigenvalue weighted by atomic mass is 10.1. The van der Waals surface area contributed by atoms with Crippen molar-refractivity contribution in [1.82, 2.24) is 0 Å². The molecule has 2 atom stereocenters. The van der Waals surface area contributed by atoms with Crippen molar-refractivity contribution in [1.29, 1.82) is 0 Å². The highest BCUT2D eigenvalue weighted by atomic mass is 16.5. The molecule has 1 aliphatic rings. The highest BCUT2D eigenvalue weighted by molar-refractivity contribution is 6.44. The second-order valence-corrected chi connectivity index (χ2v) is 2.27. The van der Waals surface area contributed by atoms with Crippen LogP contribution in [0.15, 0.2) is 5.16 Å². The minimum atomic E-state index is -0.458. The molecule has 4 heteroatoms. The number of rotatable bonds is 0. The topological polar surface area (TPSA) is 58.9 Å². The van der Waals surface area contributed by atoms with Crippen LogP contribution in [-0.4, -0.2) is 28.9 Å². The summed E-state index contributed by atoms with van der Waals surface area (Å²) in [6.07, 6.45) is -0.826. The predicted octanol–water partition coefficient (Wildman–Crippen LogP) is 0.193. The largest absolute Gasteiger partial charge is 0.410 e. The second-order valence-electron chi connectivity index (χ2n) is 2.27. The molecule has 0 bridgehead atoms. The summed E-state index contributed by atoms with van der Waals surface area (Å²) < 4.78 is 5.04. The fourth-order valence-electron chi connectivity index (χ4n) is 0.972. The van der Waals surface area contributed by atoms with Gasteiger partial charge in [0.1, 0.15) is 12.2 Å². The summed E-state index contributed by atoms with van der Waals surface area (Å²) in [5.41, 5.74) is 0.118. The van der Waals surface area contributed by atoms with Gasteiger partial charge in [-0.3, -0.25) is 4.79 Å². The van der Waals surface area contributed by atoms with Gasteiger partial charge in [-0.25, -0.2) is 0 Å². The van der Waals surface area contributed by atoms with Gasteiger partial charge in [-0.2, -0.15) is 0 Å². The molecule has 1 aliphatic heterocycles. The Kier molecular flexibility index (Phi) is 1.72. The minimum absolute atomic E-state index is 0.118. The maximum Gasteiger partial charge on any atom is 0.211 e. The van der Waals surface area contributed by atoms with E-state index in [0.717, 1.165) is 0 Å². The molecule has 1 fully saturated rings. The Morgan fingerprint density at radius 1 is 1.50 bits per heavy atom. The van der Waals surface area contributed by atoms with E-state index < -0.39 is 6.10 Å². The van der Waals surface area contributed by atoms with Crippen LogP contribution in [0.5, 0.6) is 0 Å². The Bertz CT molecular complexity index is 187. The maximum atomic E-state index is 10.9. The van der Waals surface area contributed by atoms with Gasteiger partial charge in [0.2, 0.25) is 5.78 Å². The van der Waals surface area contributed by atoms with Gasteiger partial charge >= 0.3 is 0 Å². The molecule has 4 nitrogen and oxygen atoms in total. The maximum absolute atomic E-state index is 10.9. The molecule has 0 aromatic carbocycles. The summed E-state index contributed by atoms with van der Waals surface area (Å²) >= 11 is 0. The van der Waals surface area contributed by atoms with Crippen LogP contribution in [0.3, 0.4) is 0 Å². The first-order valence-corrected chi connectivity index (χ1v) is 3.08. The molecule has 0 aromatic heterocycles. The molecule has 56 valence electrons. The van der Waals surface area contributed by atoms with E-state index in [1.165, 1.54) is 0 Å². The molecule has 1 rings (SSSR count). The zero-order valence-electron chi connectivity index (χ0n) is 5.87. The van der Waals surface area contributed by atoms with E-state index >= 15 is 0 Å². The minimum Gasteiger partial charge on any atom is -0.410 e. The van der Waals surface area contributed by atoms with Crippen molar-refractivity contribution in [3.05, 3.63) is 0 Å². The molecule has 1 N–H and O–H groups in total. The molecule has 0 amide bonds. The lowest BCUT2D eigenvalue weighted by Crippen LogP contribution is -2.18. The van der Waals surface area contributed by atoms with Crippen LogP contribution >= 0.6 is 0 Å². The quantitative estimate of drug-likeness (QED) is 0.389. The Labute approximate surface area is 58.5 Å². The number of ketones is 1. The van der Waals surface area contributed by atoms with E-state index in [4.69, 9.17) is 9.94 Å². The van der Waals surface area contributed by atoms with Crippen molar-refractivity contribution in [2.45, 2.75) is 26.1 Å². The first kappa shape index (κ1) is 7.21. The van der Waals surface area contributed by atoms with Crippen LogP contribution in [0.2, 0.25) is 0 Å². The standard InChI is InChI=1S/C6H9NO3/c1-3-5(7-9)6(8)4(2)10-3/h3-4,9H,1-2H3/b7-5-. The summed E-state index contributed by atoms with van der Waals surface area (Å²) in [7, 11) is 0. The first-order valence-electron chi connectivity index (χ1n) is 3.08. The molecule has 2 unspecified atom stereocenters. The summed E-state index contributed by atoms with van der Waals surface area (Å²) in [5.74, 6) is -0.227. The number of carbonyl (C=O) groups excluding carboxylic acids is 1. The molecule has 0 spiro atoms. The normalized spacial score (nSPS) is 37.4. The molecule has 1 heterocycles. The van der Waals surface area contributed by atoms with Gasteiger partial charge in [0.15, 0.2) is 5.71 Å². The van der Waals surface area contributed by atoms with Gasteiger partial charge in [0.25, 0.3) is 0 Å². The van der Waals surface area contributed by atoms with Crippen molar-refractivity contribution >= 4 is 11.5 Å². The van der Waals surface area contributed by atoms with Crippen molar-refractivity contribution in [2.24, 2.45) is 5.16 Å². The Hall–Kier alpha value is -0.900. The van der Waals surface area contributed by atoms with Gasteiger partial charge in [0, 0.05) is 0 Å².